The Labute approximate surface area is 142 Å². The van der Waals surface area contributed by atoms with Crippen molar-refractivity contribution in [2.24, 2.45) is 0 Å². The molecular formula is C19H15N3OS. The summed E-state index contributed by atoms with van der Waals surface area (Å²) in [7, 11) is 0. The molecule has 1 fully saturated rings. The van der Waals surface area contributed by atoms with Crippen molar-refractivity contribution in [3.8, 4) is 21.6 Å². The van der Waals surface area contributed by atoms with E-state index in [2.05, 4.69) is 46.9 Å². The summed E-state index contributed by atoms with van der Waals surface area (Å²) in [4.78, 5) is 18.3. The minimum absolute atomic E-state index is 0.0386. The predicted molar refractivity (Wildman–Crippen MR) is 96.5 cm³/mol. The lowest BCUT2D eigenvalue weighted by atomic mass is 10.1. The lowest BCUT2D eigenvalue weighted by molar-refractivity contribution is 0.873. The molecule has 0 bridgehead atoms. The summed E-state index contributed by atoms with van der Waals surface area (Å²) in [5, 5.41) is 5.11. The van der Waals surface area contributed by atoms with Gasteiger partial charge in [0, 0.05) is 28.6 Å². The van der Waals surface area contributed by atoms with Crippen molar-refractivity contribution in [3.63, 3.8) is 0 Å². The van der Waals surface area contributed by atoms with E-state index in [4.69, 9.17) is 4.98 Å². The normalized spacial score (nSPS) is 14.3. The summed E-state index contributed by atoms with van der Waals surface area (Å²) in [6, 6.07) is 14.3. The lowest BCUT2D eigenvalue weighted by Crippen LogP contribution is -2.15. The number of H-pyrrole nitrogens is 1. The van der Waals surface area contributed by atoms with Gasteiger partial charge in [-0.3, -0.25) is 9.89 Å². The first-order valence-corrected chi connectivity index (χ1v) is 8.93. The third-order valence-electron chi connectivity index (χ3n) is 4.51. The number of nitrogens with zero attached hydrogens (tertiary/aromatic N) is 2. The van der Waals surface area contributed by atoms with Gasteiger partial charge in [-0.05, 0) is 35.4 Å². The van der Waals surface area contributed by atoms with Gasteiger partial charge >= 0.3 is 0 Å². The highest BCUT2D eigenvalue weighted by molar-refractivity contribution is 7.13. The van der Waals surface area contributed by atoms with Crippen LogP contribution >= 0.6 is 11.3 Å². The molecule has 0 spiro atoms. The Hall–Kier alpha value is -2.66. The molecule has 0 atom stereocenters. The highest BCUT2D eigenvalue weighted by Crippen LogP contribution is 2.39. The van der Waals surface area contributed by atoms with Gasteiger partial charge in [-0.25, -0.2) is 9.50 Å². The smallest absolute Gasteiger partial charge is 0.272 e. The molecule has 24 heavy (non-hydrogen) atoms. The molecule has 5 heteroatoms. The van der Waals surface area contributed by atoms with Crippen LogP contribution in [0.5, 0.6) is 0 Å². The zero-order valence-corrected chi connectivity index (χ0v) is 13.7. The quantitative estimate of drug-likeness (QED) is 0.608. The molecule has 0 radical (unpaired) electrons. The van der Waals surface area contributed by atoms with Crippen molar-refractivity contribution in [2.45, 2.75) is 18.8 Å². The van der Waals surface area contributed by atoms with Crippen LogP contribution in [0.15, 0.2) is 58.8 Å². The van der Waals surface area contributed by atoms with Crippen molar-refractivity contribution < 1.29 is 0 Å². The third-order valence-corrected chi connectivity index (χ3v) is 5.43. The zero-order chi connectivity index (χ0) is 16.1. The summed E-state index contributed by atoms with van der Waals surface area (Å²) in [6.45, 7) is 0. The predicted octanol–water partition coefficient (Wildman–Crippen LogP) is 4.30. The van der Waals surface area contributed by atoms with Gasteiger partial charge in [0.25, 0.3) is 5.56 Å². The van der Waals surface area contributed by atoms with Gasteiger partial charge in [0.2, 0.25) is 0 Å². The van der Waals surface area contributed by atoms with Crippen LogP contribution < -0.4 is 5.56 Å². The highest BCUT2D eigenvalue weighted by atomic mass is 32.1. The fourth-order valence-corrected chi connectivity index (χ4v) is 3.79. The van der Waals surface area contributed by atoms with Crippen molar-refractivity contribution in [3.05, 3.63) is 70.1 Å². The fraction of sp³-hybridized carbons (Fsp3) is 0.158. The molecule has 0 unspecified atom stereocenters. The molecule has 4 nitrogen and oxygen atoms in total. The van der Waals surface area contributed by atoms with Crippen molar-refractivity contribution in [2.75, 3.05) is 0 Å². The van der Waals surface area contributed by atoms with Gasteiger partial charge in [0.1, 0.15) is 0 Å². The SMILES string of the molecule is O=c1cc(C2CC2)nc2c(-c3ccc(-c4cccs4)cc3)c[nH]n12. The monoisotopic (exact) mass is 333 g/mol. The van der Waals surface area contributed by atoms with Gasteiger partial charge in [0.15, 0.2) is 5.65 Å². The number of hydrogen-bond donors (Lipinski definition) is 1. The van der Waals surface area contributed by atoms with Gasteiger partial charge in [0.05, 0.1) is 5.69 Å². The van der Waals surface area contributed by atoms with Crippen LogP contribution in [0, 0.1) is 0 Å². The molecule has 1 aliphatic rings. The molecule has 1 aliphatic carbocycles. The van der Waals surface area contributed by atoms with Gasteiger partial charge in [-0.1, -0.05) is 30.3 Å². The molecule has 118 valence electrons. The number of rotatable bonds is 3. The number of aromatic amines is 1. The first-order valence-electron chi connectivity index (χ1n) is 8.05. The Morgan fingerprint density at radius 1 is 1.12 bits per heavy atom. The van der Waals surface area contributed by atoms with Crippen LogP contribution in [-0.4, -0.2) is 14.6 Å². The molecule has 0 aliphatic heterocycles. The summed E-state index contributed by atoms with van der Waals surface area (Å²) in [5.74, 6) is 0.464. The van der Waals surface area contributed by atoms with Crippen LogP contribution in [0.3, 0.4) is 0 Å². The number of aromatic nitrogens is 3. The highest BCUT2D eigenvalue weighted by Gasteiger charge is 2.26. The number of nitrogens with one attached hydrogen (secondary N) is 1. The average molecular weight is 333 g/mol. The maximum Gasteiger partial charge on any atom is 0.272 e. The molecule has 1 saturated carbocycles. The lowest BCUT2D eigenvalue weighted by Gasteiger charge is -2.03. The summed E-state index contributed by atoms with van der Waals surface area (Å²) < 4.78 is 1.52. The largest absolute Gasteiger partial charge is 0.296 e. The minimum Gasteiger partial charge on any atom is -0.296 e. The third kappa shape index (κ3) is 2.20. The Morgan fingerprint density at radius 2 is 1.92 bits per heavy atom. The Balaban J connectivity index is 1.62. The van der Waals surface area contributed by atoms with E-state index in [1.165, 1.54) is 15.0 Å². The molecule has 4 aromatic rings. The van der Waals surface area contributed by atoms with Gasteiger partial charge < -0.3 is 0 Å². The van der Waals surface area contributed by atoms with E-state index in [-0.39, 0.29) is 5.56 Å². The fourth-order valence-electron chi connectivity index (χ4n) is 3.06. The van der Waals surface area contributed by atoms with E-state index in [0.29, 0.717) is 11.6 Å². The second kappa shape index (κ2) is 5.18. The summed E-state index contributed by atoms with van der Waals surface area (Å²) in [6.07, 6.45) is 4.14. The molecular weight excluding hydrogens is 318 g/mol. The van der Waals surface area contributed by atoms with E-state index in [9.17, 15) is 4.79 Å². The van der Waals surface area contributed by atoms with Crippen molar-refractivity contribution in [1.82, 2.24) is 14.6 Å². The molecule has 0 saturated heterocycles. The van der Waals surface area contributed by atoms with Crippen LogP contribution in [0.4, 0.5) is 0 Å². The second-order valence-corrected chi connectivity index (χ2v) is 7.14. The molecule has 0 amide bonds. The molecule has 3 aromatic heterocycles. The van der Waals surface area contributed by atoms with Gasteiger partial charge in [-0.15, -0.1) is 11.3 Å². The van der Waals surface area contributed by atoms with E-state index in [1.54, 1.807) is 17.4 Å². The van der Waals surface area contributed by atoms with Crippen LogP contribution in [0.1, 0.15) is 24.5 Å². The second-order valence-electron chi connectivity index (χ2n) is 6.19. The standard InChI is InChI=1S/C19H15N3OS/c23-18-10-16(13-5-6-13)21-19-15(11-20-22(18)19)12-3-7-14(8-4-12)17-2-1-9-24-17/h1-4,7-11,13,20H,5-6H2. The molecule has 5 rings (SSSR count). The summed E-state index contributed by atoms with van der Waals surface area (Å²) in [5.41, 5.74) is 4.84. The Morgan fingerprint density at radius 3 is 2.62 bits per heavy atom. The molecule has 3 heterocycles. The van der Waals surface area contributed by atoms with E-state index < -0.39 is 0 Å². The zero-order valence-electron chi connectivity index (χ0n) is 12.9. The number of benzene rings is 1. The average Bonchev–Trinajstić information content (AvgIpc) is 3.14. The van der Waals surface area contributed by atoms with E-state index >= 15 is 0 Å². The summed E-state index contributed by atoms with van der Waals surface area (Å²) >= 11 is 1.73. The first kappa shape index (κ1) is 13.7. The van der Waals surface area contributed by atoms with E-state index in [1.807, 2.05) is 6.20 Å². The van der Waals surface area contributed by atoms with Crippen LogP contribution in [0.2, 0.25) is 0 Å². The maximum atomic E-state index is 12.3. The molecule has 1 N–H and O–H groups in total. The number of hydrogen-bond acceptors (Lipinski definition) is 3. The topological polar surface area (TPSA) is 50.2 Å². The molecule has 1 aromatic carbocycles. The van der Waals surface area contributed by atoms with Crippen LogP contribution in [0.25, 0.3) is 27.2 Å². The van der Waals surface area contributed by atoms with Crippen LogP contribution in [-0.2, 0) is 0 Å². The Kier molecular flexibility index (Phi) is 2.97. The van der Waals surface area contributed by atoms with Crippen molar-refractivity contribution in [1.29, 1.82) is 0 Å². The first-order chi connectivity index (χ1) is 11.8. The number of fused-ring (bicyclic) bond motifs is 1. The van der Waals surface area contributed by atoms with E-state index in [0.717, 1.165) is 29.7 Å². The van der Waals surface area contributed by atoms with Gasteiger partial charge in [-0.2, -0.15) is 0 Å². The number of thiophene rings is 1. The van der Waals surface area contributed by atoms with Crippen molar-refractivity contribution >= 4 is 17.0 Å². The minimum atomic E-state index is -0.0386. The maximum absolute atomic E-state index is 12.3. The Bertz CT molecular complexity index is 1070.